The summed E-state index contributed by atoms with van der Waals surface area (Å²) in [7, 11) is 0. The Hall–Kier alpha value is -4.32. The summed E-state index contributed by atoms with van der Waals surface area (Å²) in [6.45, 7) is 1.50. The molecule has 0 aliphatic carbocycles. The first kappa shape index (κ1) is 21.5. The number of hydrogen-bond donors (Lipinski definition) is 2. The zero-order valence-electron chi connectivity index (χ0n) is 18.5. The van der Waals surface area contributed by atoms with Crippen LogP contribution in [0, 0.1) is 0 Å². The lowest BCUT2D eigenvalue weighted by Gasteiger charge is -2.10. The Kier molecular flexibility index (Phi) is 6.12. The van der Waals surface area contributed by atoms with Crippen molar-refractivity contribution in [1.82, 2.24) is 10.3 Å². The number of fused-ring (bicyclic) bond motifs is 1. The Balaban J connectivity index is 1.27. The molecular weight excluding hydrogens is 428 g/mol. The van der Waals surface area contributed by atoms with Gasteiger partial charge >= 0.3 is 0 Å². The molecule has 4 aromatic rings. The van der Waals surface area contributed by atoms with Crippen molar-refractivity contribution in [1.29, 1.82) is 0 Å². The average molecular weight is 453 g/mol. The van der Waals surface area contributed by atoms with E-state index in [0.717, 1.165) is 28.7 Å². The highest BCUT2D eigenvalue weighted by atomic mass is 16.5. The topological polar surface area (TPSA) is 80.4 Å². The van der Waals surface area contributed by atoms with Crippen LogP contribution in [0.25, 0.3) is 22.4 Å². The number of aromatic amines is 1. The molecule has 0 saturated heterocycles. The van der Waals surface area contributed by atoms with Crippen molar-refractivity contribution in [2.45, 2.75) is 13.0 Å². The lowest BCUT2D eigenvalue weighted by atomic mass is 10.0. The minimum absolute atomic E-state index is 0.0685. The number of pyridine rings is 1. The van der Waals surface area contributed by atoms with E-state index in [1.54, 1.807) is 12.1 Å². The minimum atomic E-state index is -0.431. The van der Waals surface area contributed by atoms with Crippen LogP contribution in [-0.2, 0) is 6.54 Å². The summed E-state index contributed by atoms with van der Waals surface area (Å²) in [5.74, 6) is 0.945. The molecule has 1 aliphatic rings. The third-order valence-electron chi connectivity index (χ3n) is 5.72. The first-order chi connectivity index (χ1) is 16.7. The van der Waals surface area contributed by atoms with Crippen molar-refractivity contribution in [3.8, 4) is 33.9 Å². The molecule has 0 atom stereocenters. The zero-order valence-corrected chi connectivity index (χ0v) is 18.5. The van der Waals surface area contributed by atoms with Crippen LogP contribution in [0.3, 0.4) is 0 Å². The molecule has 0 spiro atoms. The van der Waals surface area contributed by atoms with Crippen LogP contribution >= 0.6 is 0 Å². The molecule has 6 nitrogen and oxygen atoms in total. The molecule has 1 aliphatic heterocycles. The highest BCUT2D eigenvalue weighted by molar-refractivity contribution is 5.94. The van der Waals surface area contributed by atoms with E-state index in [1.807, 2.05) is 60.7 Å². The quantitative estimate of drug-likeness (QED) is 0.456. The average Bonchev–Trinajstić information content (AvgIpc) is 3.13. The first-order valence-electron chi connectivity index (χ1n) is 11.2. The summed E-state index contributed by atoms with van der Waals surface area (Å²) in [5, 5.41) is 2.81. The van der Waals surface area contributed by atoms with Crippen LogP contribution < -0.4 is 20.3 Å². The van der Waals surface area contributed by atoms with Gasteiger partial charge < -0.3 is 19.8 Å². The summed E-state index contributed by atoms with van der Waals surface area (Å²) in [6.07, 6.45) is 0.830. The van der Waals surface area contributed by atoms with Gasteiger partial charge in [0, 0.05) is 18.7 Å². The Morgan fingerprint density at radius 1 is 0.794 bits per heavy atom. The molecule has 1 aromatic heterocycles. The highest BCUT2D eigenvalue weighted by Gasteiger charge is 2.14. The molecule has 0 fully saturated rings. The van der Waals surface area contributed by atoms with Crippen LogP contribution in [0.4, 0.5) is 0 Å². The summed E-state index contributed by atoms with van der Waals surface area (Å²) >= 11 is 0. The van der Waals surface area contributed by atoms with Crippen LogP contribution in [0.15, 0.2) is 89.7 Å². The summed E-state index contributed by atoms with van der Waals surface area (Å²) in [4.78, 5) is 28.1. The summed E-state index contributed by atoms with van der Waals surface area (Å²) < 4.78 is 11.3. The van der Waals surface area contributed by atoms with Gasteiger partial charge in [-0.2, -0.15) is 0 Å². The van der Waals surface area contributed by atoms with Gasteiger partial charge in [-0.05, 0) is 46.5 Å². The van der Waals surface area contributed by atoms with Gasteiger partial charge in [0.15, 0.2) is 11.5 Å². The number of ether oxygens (including phenoxy) is 2. The predicted octanol–water partition coefficient (Wildman–Crippen LogP) is 4.80. The van der Waals surface area contributed by atoms with E-state index in [1.165, 1.54) is 0 Å². The van der Waals surface area contributed by atoms with Crippen molar-refractivity contribution < 1.29 is 14.3 Å². The number of carbonyl (C=O) groups is 1. The van der Waals surface area contributed by atoms with Crippen molar-refractivity contribution in [2.75, 3.05) is 13.2 Å². The van der Waals surface area contributed by atoms with Gasteiger partial charge in [0.25, 0.3) is 11.5 Å². The lowest BCUT2D eigenvalue weighted by Crippen LogP contribution is -2.29. The van der Waals surface area contributed by atoms with Crippen molar-refractivity contribution in [3.63, 3.8) is 0 Å². The monoisotopic (exact) mass is 452 g/mol. The molecule has 0 unspecified atom stereocenters. The maximum Gasteiger partial charge on any atom is 0.261 e. The molecule has 1 amide bonds. The third kappa shape index (κ3) is 4.71. The second-order valence-corrected chi connectivity index (χ2v) is 8.07. The van der Waals surface area contributed by atoms with Crippen molar-refractivity contribution >= 4 is 5.91 Å². The predicted molar refractivity (Wildman–Crippen MR) is 131 cm³/mol. The maximum atomic E-state index is 12.6. The van der Waals surface area contributed by atoms with Gasteiger partial charge in [-0.25, -0.2) is 0 Å². The second-order valence-electron chi connectivity index (χ2n) is 8.07. The molecule has 3 aromatic carbocycles. The van der Waals surface area contributed by atoms with Crippen LogP contribution in [0.2, 0.25) is 0 Å². The molecule has 0 bridgehead atoms. The van der Waals surface area contributed by atoms with Crippen molar-refractivity contribution in [2.24, 2.45) is 0 Å². The standard InChI is InChI=1S/C28H24N2O4/c31-27(29-18-19-7-14-25-26(17-19)34-16-4-15-33-25)23-12-13-24(30-28(23)32)22-10-8-21(9-11-22)20-5-2-1-3-6-20/h1-3,5-14,17H,4,15-16,18H2,(H,29,31)(H,30,32). The third-order valence-corrected chi connectivity index (χ3v) is 5.72. The van der Waals surface area contributed by atoms with Gasteiger partial charge in [-0.3, -0.25) is 9.59 Å². The summed E-state index contributed by atoms with van der Waals surface area (Å²) in [6, 6.07) is 26.9. The van der Waals surface area contributed by atoms with Gasteiger partial charge in [0.2, 0.25) is 0 Å². The Morgan fingerprint density at radius 3 is 2.26 bits per heavy atom. The van der Waals surface area contributed by atoms with Crippen molar-refractivity contribution in [3.05, 3.63) is 106 Å². The number of benzene rings is 3. The van der Waals surface area contributed by atoms with Gasteiger partial charge in [0.05, 0.1) is 13.2 Å². The minimum Gasteiger partial charge on any atom is -0.490 e. The zero-order chi connectivity index (χ0) is 23.3. The van der Waals surface area contributed by atoms with E-state index in [9.17, 15) is 9.59 Å². The number of aromatic nitrogens is 1. The van der Waals surface area contributed by atoms with E-state index in [4.69, 9.17) is 9.47 Å². The number of hydrogen-bond acceptors (Lipinski definition) is 4. The number of H-pyrrole nitrogens is 1. The lowest BCUT2D eigenvalue weighted by molar-refractivity contribution is 0.0949. The Labute approximate surface area is 197 Å². The molecule has 170 valence electrons. The molecule has 2 N–H and O–H groups in total. The molecular formula is C28H24N2O4. The normalized spacial score (nSPS) is 12.6. The fraction of sp³-hybridized carbons (Fsp3) is 0.143. The molecule has 0 saturated carbocycles. The van der Waals surface area contributed by atoms with Gasteiger partial charge in [-0.1, -0.05) is 60.7 Å². The SMILES string of the molecule is O=C(NCc1ccc2c(c1)OCCCO2)c1ccc(-c2ccc(-c3ccccc3)cc2)[nH]c1=O. The molecule has 0 radical (unpaired) electrons. The number of carbonyl (C=O) groups excluding carboxylic acids is 1. The van der Waals surface area contributed by atoms with E-state index < -0.39 is 11.5 Å². The van der Waals surface area contributed by atoms with Gasteiger partial charge in [-0.15, -0.1) is 0 Å². The second kappa shape index (κ2) is 9.67. The Morgan fingerprint density at radius 2 is 1.50 bits per heavy atom. The number of nitrogens with one attached hydrogen (secondary N) is 2. The van der Waals surface area contributed by atoms with E-state index >= 15 is 0 Å². The summed E-state index contributed by atoms with van der Waals surface area (Å²) in [5.41, 5.74) is 4.25. The van der Waals surface area contributed by atoms with E-state index in [0.29, 0.717) is 30.4 Å². The van der Waals surface area contributed by atoms with E-state index in [2.05, 4.69) is 22.4 Å². The number of amides is 1. The number of rotatable bonds is 5. The molecule has 5 rings (SSSR count). The fourth-order valence-corrected chi connectivity index (χ4v) is 3.89. The first-order valence-corrected chi connectivity index (χ1v) is 11.2. The van der Waals surface area contributed by atoms with Crippen LogP contribution in [0.1, 0.15) is 22.3 Å². The maximum absolute atomic E-state index is 12.6. The molecule has 6 heteroatoms. The van der Waals surface area contributed by atoms with Crippen LogP contribution in [-0.4, -0.2) is 24.1 Å². The largest absolute Gasteiger partial charge is 0.490 e. The Bertz CT molecular complexity index is 1360. The molecule has 34 heavy (non-hydrogen) atoms. The smallest absolute Gasteiger partial charge is 0.261 e. The van der Waals surface area contributed by atoms with Gasteiger partial charge in [0.1, 0.15) is 5.56 Å². The van der Waals surface area contributed by atoms with Crippen LogP contribution in [0.5, 0.6) is 11.5 Å². The van der Waals surface area contributed by atoms with E-state index in [-0.39, 0.29) is 12.1 Å². The highest BCUT2D eigenvalue weighted by Crippen LogP contribution is 2.30. The fourth-order valence-electron chi connectivity index (χ4n) is 3.89. The molecule has 2 heterocycles.